The quantitative estimate of drug-likeness (QED) is 0.691. The third-order valence-electron chi connectivity index (χ3n) is 4.88. The lowest BCUT2D eigenvalue weighted by atomic mass is 9.77. The van der Waals surface area contributed by atoms with Gasteiger partial charge in [-0.25, -0.2) is 0 Å². The molecule has 1 aromatic rings. The summed E-state index contributed by atoms with van der Waals surface area (Å²) < 4.78 is 0. The zero-order chi connectivity index (χ0) is 16.7. The molecule has 22 heavy (non-hydrogen) atoms. The molecule has 0 aliphatic heterocycles. The van der Waals surface area contributed by atoms with E-state index < -0.39 is 0 Å². The van der Waals surface area contributed by atoms with Crippen LogP contribution in [-0.4, -0.2) is 5.78 Å². The normalized spacial score (nSPS) is 20.1. The number of ketones is 1. The summed E-state index contributed by atoms with van der Waals surface area (Å²) in [6, 6.07) is 7.09. The third kappa shape index (κ3) is 3.80. The molecule has 1 aromatic carbocycles. The molecule has 1 nitrogen and oxygen atoms in total. The molecule has 122 valence electrons. The molecule has 1 unspecified atom stereocenters. The van der Waals surface area contributed by atoms with Gasteiger partial charge in [0, 0.05) is 12.3 Å². The van der Waals surface area contributed by atoms with Crippen LogP contribution in [0.2, 0.25) is 0 Å². The van der Waals surface area contributed by atoms with Crippen molar-refractivity contribution in [3.63, 3.8) is 0 Å². The Kier molecular flexibility index (Phi) is 4.57. The molecular weight excluding hydrogens is 268 g/mol. The number of benzene rings is 1. The predicted molar refractivity (Wildman–Crippen MR) is 94.6 cm³/mol. The Morgan fingerprint density at radius 1 is 1.00 bits per heavy atom. The number of rotatable bonds is 4. The van der Waals surface area contributed by atoms with Crippen LogP contribution in [0.5, 0.6) is 0 Å². The molecule has 0 spiro atoms. The first-order valence-corrected chi connectivity index (χ1v) is 8.72. The Bertz CT molecular complexity index is 522. The molecule has 1 fully saturated rings. The highest BCUT2D eigenvalue weighted by Gasteiger charge is 2.42. The predicted octanol–water partition coefficient (Wildman–Crippen LogP) is 5.75. The fourth-order valence-electron chi connectivity index (χ4n) is 3.17. The second-order valence-corrected chi connectivity index (χ2v) is 9.02. The first-order valence-electron chi connectivity index (χ1n) is 8.72. The Morgan fingerprint density at radius 3 is 1.77 bits per heavy atom. The lowest BCUT2D eigenvalue weighted by Gasteiger charge is -2.28. The summed E-state index contributed by atoms with van der Waals surface area (Å²) in [6.45, 7) is 15.9. The van der Waals surface area contributed by atoms with Gasteiger partial charge in [-0.05, 0) is 39.9 Å². The number of carbonyl (C=O) groups excluding carboxylic acids is 1. The first kappa shape index (κ1) is 17.2. The van der Waals surface area contributed by atoms with Gasteiger partial charge in [-0.15, -0.1) is 0 Å². The standard InChI is InChI=1S/C21H32O/c1-8-9-17(18-13-19(18)22)14-10-15(20(2,3)4)12-16(11-14)21(5,6)7/h10-12,17-18H,8-9,13H2,1-7H3/t17?,18-/m0/s1. The van der Waals surface area contributed by atoms with Crippen LogP contribution in [0, 0.1) is 5.92 Å². The van der Waals surface area contributed by atoms with Crippen LogP contribution in [0.1, 0.15) is 90.3 Å². The van der Waals surface area contributed by atoms with Gasteiger partial charge < -0.3 is 0 Å². The topological polar surface area (TPSA) is 17.1 Å². The van der Waals surface area contributed by atoms with E-state index in [1.165, 1.54) is 16.7 Å². The second kappa shape index (κ2) is 5.83. The van der Waals surface area contributed by atoms with E-state index in [1.54, 1.807) is 0 Å². The highest BCUT2D eigenvalue weighted by atomic mass is 16.1. The number of carbonyl (C=O) groups is 1. The van der Waals surface area contributed by atoms with Gasteiger partial charge >= 0.3 is 0 Å². The van der Waals surface area contributed by atoms with E-state index in [9.17, 15) is 4.79 Å². The van der Waals surface area contributed by atoms with Gasteiger partial charge in [-0.2, -0.15) is 0 Å². The van der Waals surface area contributed by atoms with Crippen molar-refractivity contribution in [1.29, 1.82) is 0 Å². The van der Waals surface area contributed by atoms with Crippen molar-refractivity contribution in [2.45, 2.75) is 84.5 Å². The van der Waals surface area contributed by atoms with Crippen molar-refractivity contribution < 1.29 is 4.79 Å². The van der Waals surface area contributed by atoms with E-state index in [4.69, 9.17) is 0 Å². The average molecular weight is 300 g/mol. The lowest BCUT2D eigenvalue weighted by Crippen LogP contribution is -2.18. The minimum Gasteiger partial charge on any atom is -0.299 e. The Balaban J connectivity index is 2.51. The molecule has 0 bridgehead atoms. The summed E-state index contributed by atoms with van der Waals surface area (Å²) >= 11 is 0. The average Bonchev–Trinajstić information content (AvgIpc) is 3.10. The Morgan fingerprint density at radius 2 is 1.45 bits per heavy atom. The van der Waals surface area contributed by atoms with Crippen molar-refractivity contribution in [1.82, 2.24) is 0 Å². The van der Waals surface area contributed by atoms with Gasteiger partial charge in [0.15, 0.2) is 0 Å². The minimum atomic E-state index is 0.139. The van der Waals surface area contributed by atoms with Crippen molar-refractivity contribution in [3.05, 3.63) is 34.9 Å². The summed E-state index contributed by atoms with van der Waals surface area (Å²) in [5, 5.41) is 0. The molecular formula is C21H32O. The fourth-order valence-corrected chi connectivity index (χ4v) is 3.17. The van der Waals surface area contributed by atoms with E-state index in [2.05, 4.69) is 66.7 Å². The molecule has 2 atom stereocenters. The van der Waals surface area contributed by atoms with Crippen LogP contribution in [0.3, 0.4) is 0 Å². The van der Waals surface area contributed by atoms with E-state index in [0.717, 1.165) is 19.3 Å². The summed E-state index contributed by atoms with van der Waals surface area (Å²) in [6.07, 6.45) is 3.04. The van der Waals surface area contributed by atoms with E-state index in [-0.39, 0.29) is 16.7 Å². The molecule has 0 saturated heterocycles. The van der Waals surface area contributed by atoms with Crippen molar-refractivity contribution in [3.8, 4) is 0 Å². The zero-order valence-electron chi connectivity index (χ0n) is 15.4. The van der Waals surface area contributed by atoms with Gasteiger partial charge in [0.2, 0.25) is 0 Å². The number of Topliss-reactive ketones (excluding diaryl/α,β-unsaturated/α-hetero) is 1. The van der Waals surface area contributed by atoms with Gasteiger partial charge in [-0.1, -0.05) is 73.1 Å². The molecule has 0 aromatic heterocycles. The molecule has 1 heteroatoms. The van der Waals surface area contributed by atoms with Crippen LogP contribution >= 0.6 is 0 Å². The number of hydrogen-bond donors (Lipinski definition) is 0. The molecule has 0 radical (unpaired) electrons. The Hall–Kier alpha value is -1.11. The van der Waals surface area contributed by atoms with E-state index >= 15 is 0 Å². The van der Waals surface area contributed by atoms with Crippen molar-refractivity contribution >= 4 is 5.78 Å². The van der Waals surface area contributed by atoms with Crippen molar-refractivity contribution in [2.24, 2.45) is 5.92 Å². The summed E-state index contributed by atoms with van der Waals surface area (Å²) in [5.74, 6) is 1.15. The largest absolute Gasteiger partial charge is 0.299 e. The van der Waals surface area contributed by atoms with Gasteiger partial charge in [0.1, 0.15) is 5.78 Å². The van der Waals surface area contributed by atoms with Gasteiger partial charge in [-0.3, -0.25) is 4.79 Å². The monoisotopic (exact) mass is 300 g/mol. The Labute approximate surface area is 136 Å². The van der Waals surface area contributed by atoms with E-state index in [0.29, 0.717) is 11.7 Å². The summed E-state index contributed by atoms with van der Waals surface area (Å²) in [7, 11) is 0. The van der Waals surface area contributed by atoms with Gasteiger partial charge in [0.05, 0.1) is 0 Å². The SMILES string of the molecule is CCCC(c1cc(C(C)(C)C)cc(C(C)(C)C)c1)[C@@H]1CC1=O. The minimum absolute atomic E-state index is 0.139. The molecule has 1 aliphatic carbocycles. The van der Waals surface area contributed by atoms with Gasteiger partial charge in [0.25, 0.3) is 0 Å². The maximum atomic E-state index is 11.7. The number of hydrogen-bond acceptors (Lipinski definition) is 1. The van der Waals surface area contributed by atoms with Crippen LogP contribution < -0.4 is 0 Å². The maximum absolute atomic E-state index is 11.7. The van der Waals surface area contributed by atoms with Crippen LogP contribution in [-0.2, 0) is 15.6 Å². The smallest absolute Gasteiger partial charge is 0.137 e. The zero-order valence-corrected chi connectivity index (χ0v) is 15.4. The molecule has 1 saturated carbocycles. The van der Waals surface area contributed by atoms with E-state index in [1.807, 2.05) is 0 Å². The molecule has 2 rings (SSSR count). The molecule has 1 aliphatic rings. The summed E-state index contributed by atoms with van der Waals surface area (Å²) in [4.78, 5) is 11.7. The fraction of sp³-hybridized carbons (Fsp3) is 0.667. The highest BCUT2D eigenvalue weighted by Crippen LogP contribution is 2.44. The molecule has 0 heterocycles. The van der Waals surface area contributed by atoms with Crippen molar-refractivity contribution in [2.75, 3.05) is 0 Å². The van der Waals surface area contributed by atoms with Crippen LogP contribution in [0.4, 0.5) is 0 Å². The van der Waals surface area contributed by atoms with Crippen LogP contribution in [0.25, 0.3) is 0 Å². The lowest BCUT2D eigenvalue weighted by molar-refractivity contribution is -0.111. The highest BCUT2D eigenvalue weighted by molar-refractivity contribution is 5.97. The van der Waals surface area contributed by atoms with Crippen LogP contribution in [0.15, 0.2) is 18.2 Å². The third-order valence-corrected chi connectivity index (χ3v) is 4.88. The second-order valence-electron chi connectivity index (χ2n) is 9.02. The maximum Gasteiger partial charge on any atom is 0.137 e. The summed E-state index contributed by atoms with van der Waals surface area (Å²) in [5.41, 5.74) is 4.45. The molecule has 0 N–H and O–H groups in total. The molecule has 0 amide bonds. The first-order chi connectivity index (χ1) is 10.0.